The molecular weight excluding hydrogens is 360 g/mol. The van der Waals surface area contributed by atoms with Crippen molar-refractivity contribution in [3.63, 3.8) is 0 Å². The minimum absolute atomic E-state index is 0.0109. The fourth-order valence-electron chi connectivity index (χ4n) is 5.89. The summed E-state index contributed by atoms with van der Waals surface area (Å²) in [5.74, 6) is 0. The van der Waals surface area contributed by atoms with Crippen LogP contribution in [0, 0.1) is 5.41 Å². The lowest BCUT2D eigenvalue weighted by Gasteiger charge is -2.48. The number of hydrogen-bond donors (Lipinski definition) is 1. The fraction of sp³-hybridized carbons (Fsp3) is 0.520. The van der Waals surface area contributed by atoms with Crippen LogP contribution in [0.4, 0.5) is 0 Å². The zero-order valence-electron chi connectivity index (χ0n) is 17.5. The molecule has 0 aromatic heterocycles. The van der Waals surface area contributed by atoms with Crippen LogP contribution >= 0.6 is 0 Å². The second-order valence-electron chi connectivity index (χ2n) is 9.80. The summed E-state index contributed by atoms with van der Waals surface area (Å²) in [6.07, 6.45) is 6.45. The summed E-state index contributed by atoms with van der Waals surface area (Å²) in [7, 11) is -2.55. The van der Waals surface area contributed by atoms with E-state index >= 15 is 0 Å². The molecule has 2 aliphatic rings. The van der Waals surface area contributed by atoms with Crippen LogP contribution in [-0.4, -0.2) is 25.6 Å². The highest BCUT2D eigenvalue weighted by molar-refractivity contribution is 6.99. The van der Waals surface area contributed by atoms with Gasteiger partial charge in [-0.05, 0) is 41.1 Å². The van der Waals surface area contributed by atoms with Crippen molar-refractivity contribution in [1.29, 1.82) is 0 Å². The van der Waals surface area contributed by atoms with Crippen molar-refractivity contribution < 1.29 is 9.53 Å². The number of aliphatic hydroxyl groups is 1. The number of rotatable bonds is 4. The Balaban J connectivity index is 1.86. The highest BCUT2D eigenvalue weighted by Crippen LogP contribution is 2.54. The molecule has 2 saturated carbocycles. The van der Waals surface area contributed by atoms with Gasteiger partial charge in [0, 0.05) is 5.41 Å². The van der Waals surface area contributed by atoms with E-state index in [4.69, 9.17) is 4.43 Å². The lowest BCUT2D eigenvalue weighted by Crippen LogP contribution is -2.68. The third-order valence-corrected chi connectivity index (χ3v) is 12.3. The second kappa shape index (κ2) is 7.44. The maximum absolute atomic E-state index is 10.9. The monoisotopic (exact) mass is 394 g/mol. The molecule has 0 aliphatic heterocycles. The van der Waals surface area contributed by atoms with Crippen LogP contribution in [0.15, 0.2) is 60.7 Å². The molecule has 0 heterocycles. The normalized spacial score (nSPS) is 28.1. The molecule has 2 aromatic carbocycles. The van der Waals surface area contributed by atoms with Crippen LogP contribution in [0.3, 0.4) is 0 Å². The minimum Gasteiger partial charge on any atom is -0.404 e. The smallest absolute Gasteiger partial charge is 0.261 e. The molecule has 2 fully saturated rings. The van der Waals surface area contributed by atoms with Gasteiger partial charge < -0.3 is 9.53 Å². The van der Waals surface area contributed by atoms with E-state index in [1.54, 1.807) is 0 Å². The van der Waals surface area contributed by atoms with E-state index in [1.807, 2.05) is 0 Å². The molecule has 2 aliphatic carbocycles. The summed E-state index contributed by atoms with van der Waals surface area (Å²) in [5, 5.41) is 13.6. The Bertz CT molecular complexity index is 740. The third-order valence-electron chi connectivity index (χ3n) is 7.27. The standard InChI is InChI=1S/C25H34O2Si/c1-24(2,3)28(20-12-6-4-7-13-20,21-14-8-5-9-15-21)27-23-17-11-19-25(23)18-10-16-22(25)26/h4-9,12-15,22-23,26H,10-11,16-19H2,1-3H3/t22-,23+,25+/m0/s1. The van der Waals surface area contributed by atoms with Crippen LogP contribution in [0.25, 0.3) is 0 Å². The van der Waals surface area contributed by atoms with E-state index in [-0.39, 0.29) is 22.7 Å². The quantitative estimate of drug-likeness (QED) is 0.765. The summed E-state index contributed by atoms with van der Waals surface area (Å²) in [5.41, 5.74) is -0.0347. The Labute approximate surface area is 171 Å². The Morgan fingerprint density at radius 3 is 1.82 bits per heavy atom. The van der Waals surface area contributed by atoms with Crippen molar-refractivity contribution in [2.45, 2.75) is 76.5 Å². The van der Waals surface area contributed by atoms with Crippen molar-refractivity contribution in [3.05, 3.63) is 60.7 Å². The van der Waals surface area contributed by atoms with Gasteiger partial charge in [-0.1, -0.05) is 94.3 Å². The van der Waals surface area contributed by atoms with E-state index in [0.29, 0.717) is 0 Å². The lowest BCUT2D eigenvalue weighted by atomic mass is 9.80. The molecule has 3 heteroatoms. The van der Waals surface area contributed by atoms with Crippen molar-refractivity contribution in [2.24, 2.45) is 5.41 Å². The second-order valence-corrected chi connectivity index (χ2v) is 14.1. The van der Waals surface area contributed by atoms with Crippen molar-refractivity contribution >= 4 is 18.7 Å². The van der Waals surface area contributed by atoms with E-state index in [1.165, 1.54) is 16.8 Å². The largest absolute Gasteiger partial charge is 0.404 e. The van der Waals surface area contributed by atoms with Crippen molar-refractivity contribution in [1.82, 2.24) is 0 Å². The highest BCUT2D eigenvalue weighted by Gasteiger charge is 2.57. The van der Waals surface area contributed by atoms with Gasteiger partial charge >= 0.3 is 0 Å². The Morgan fingerprint density at radius 2 is 1.36 bits per heavy atom. The van der Waals surface area contributed by atoms with Gasteiger partial charge in [-0.15, -0.1) is 0 Å². The number of aliphatic hydroxyl groups excluding tert-OH is 1. The van der Waals surface area contributed by atoms with Gasteiger partial charge in [0.2, 0.25) is 0 Å². The first-order chi connectivity index (χ1) is 13.4. The average molecular weight is 395 g/mol. The minimum atomic E-state index is -2.55. The molecule has 1 N–H and O–H groups in total. The molecule has 0 amide bonds. The molecular formula is C25H34O2Si. The van der Waals surface area contributed by atoms with E-state index in [9.17, 15) is 5.11 Å². The lowest BCUT2D eigenvalue weighted by molar-refractivity contribution is -0.0221. The zero-order chi connectivity index (χ0) is 19.8. The van der Waals surface area contributed by atoms with Gasteiger partial charge in [-0.2, -0.15) is 0 Å². The van der Waals surface area contributed by atoms with Crippen LogP contribution in [0.5, 0.6) is 0 Å². The summed E-state index contributed by atoms with van der Waals surface area (Å²) < 4.78 is 7.42. The summed E-state index contributed by atoms with van der Waals surface area (Å²) in [6, 6.07) is 21.8. The predicted molar refractivity (Wildman–Crippen MR) is 119 cm³/mol. The van der Waals surface area contributed by atoms with Crippen LogP contribution in [0.1, 0.15) is 59.3 Å². The van der Waals surface area contributed by atoms with Gasteiger partial charge in [-0.3, -0.25) is 0 Å². The van der Waals surface area contributed by atoms with Crippen molar-refractivity contribution in [2.75, 3.05) is 0 Å². The van der Waals surface area contributed by atoms with Crippen LogP contribution < -0.4 is 10.4 Å². The van der Waals surface area contributed by atoms with Gasteiger partial charge in [0.05, 0.1) is 12.2 Å². The van der Waals surface area contributed by atoms with Gasteiger partial charge in [0.15, 0.2) is 0 Å². The van der Waals surface area contributed by atoms with Crippen LogP contribution in [-0.2, 0) is 4.43 Å². The molecule has 2 aromatic rings. The van der Waals surface area contributed by atoms with Gasteiger partial charge in [-0.25, -0.2) is 0 Å². The first-order valence-corrected chi connectivity index (χ1v) is 12.8. The van der Waals surface area contributed by atoms with Crippen molar-refractivity contribution in [3.8, 4) is 0 Å². The molecule has 28 heavy (non-hydrogen) atoms. The Kier molecular flexibility index (Phi) is 5.28. The Morgan fingerprint density at radius 1 is 0.857 bits per heavy atom. The molecule has 1 spiro atoms. The predicted octanol–water partition coefficient (Wildman–Crippen LogP) is 4.65. The average Bonchev–Trinajstić information content (AvgIpc) is 3.27. The first-order valence-electron chi connectivity index (χ1n) is 10.9. The van der Waals surface area contributed by atoms with Gasteiger partial charge in [0.25, 0.3) is 8.32 Å². The molecule has 0 bridgehead atoms. The van der Waals surface area contributed by atoms with E-state index in [2.05, 4.69) is 81.4 Å². The third kappa shape index (κ3) is 3.08. The van der Waals surface area contributed by atoms with Crippen LogP contribution in [0.2, 0.25) is 5.04 Å². The first kappa shape index (κ1) is 19.9. The van der Waals surface area contributed by atoms with E-state index < -0.39 is 8.32 Å². The molecule has 0 saturated heterocycles. The van der Waals surface area contributed by atoms with E-state index in [0.717, 1.165) is 32.1 Å². The highest BCUT2D eigenvalue weighted by atomic mass is 28.4. The summed E-state index contributed by atoms with van der Waals surface area (Å²) >= 11 is 0. The summed E-state index contributed by atoms with van der Waals surface area (Å²) in [4.78, 5) is 0. The molecule has 0 radical (unpaired) electrons. The number of hydrogen-bond acceptors (Lipinski definition) is 2. The maximum atomic E-state index is 10.9. The molecule has 3 atom stereocenters. The fourth-order valence-corrected chi connectivity index (χ4v) is 10.7. The Hall–Kier alpha value is -1.42. The topological polar surface area (TPSA) is 29.5 Å². The SMILES string of the molecule is CC(C)(C)[Si](O[C@@H]1CCC[C@@]12CCC[C@@H]2O)(c1ccccc1)c1ccccc1. The molecule has 4 rings (SSSR count). The number of benzene rings is 2. The molecule has 0 unspecified atom stereocenters. The zero-order valence-corrected chi connectivity index (χ0v) is 18.5. The maximum Gasteiger partial charge on any atom is 0.261 e. The van der Waals surface area contributed by atoms with Gasteiger partial charge in [0.1, 0.15) is 0 Å². The summed E-state index contributed by atoms with van der Waals surface area (Å²) in [6.45, 7) is 7.02. The molecule has 2 nitrogen and oxygen atoms in total. The molecule has 150 valence electrons.